The molecule has 1 saturated heterocycles. The molecular formula is C16H22ClNO3. The molecule has 0 aromatic heterocycles. The summed E-state index contributed by atoms with van der Waals surface area (Å²) in [4.78, 5) is 13.2. The van der Waals surface area contributed by atoms with E-state index in [9.17, 15) is 4.79 Å². The second kappa shape index (κ2) is 5.59. The highest BCUT2D eigenvalue weighted by molar-refractivity contribution is 6.31. The molecule has 0 spiro atoms. The molecule has 1 aliphatic rings. The Balaban J connectivity index is 2.16. The molecule has 21 heavy (non-hydrogen) atoms. The van der Waals surface area contributed by atoms with E-state index in [1.807, 2.05) is 0 Å². The van der Waals surface area contributed by atoms with E-state index in [0.717, 1.165) is 18.7 Å². The van der Waals surface area contributed by atoms with Gasteiger partial charge < -0.3 is 9.84 Å². The third kappa shape index (κ3) is 4.19. The van der Waals surface area contributed by atoms with E-state index in [1.165, 1.54) is 6.07 Å². The first-order valence-corrected chi connectivity index (χ1v) is 7.40. The second-order valence-electron chi connectivity index (χ2n) is 6.88. The molecule has 4 nitrogen and oxygen atoms in total. The van der Waals surface area contributed by atoms with Crippen molar-refractivity contribution in [2.45, 2.75) is 45.4 Å². The van der Waals surface area contributed by atoms with Crippen LogP contribution in [-0.2, 0) is 11.3 Å². The standard InChI is InChI=1S/C16H22ClNO3/c1-15(2)9-18(10-16(3,4)21-15)8-12-6-5-11(14(19)20)7-13(12)17/h5-7H,8-10H2,1-4H3,(H,19,20). The smallest absolute Gasteiger partial charge is 0.335 e. The van der Waals surface area contributed by atoms with Crippen LogP contribution in [0.15, 0.2) is 18.2 Å². The minimum absolute atomic E-state index is 0.213. The molecule has 0 unspecified atom stereocenters. The van der Waals surface area contributed by atoms with E-state index >= 15 is 0 Å². The first-order valence-electron chi connectivity index (χ1n) is 7.02. The Morgan fingerprint density at radius 2 is 1.86 bits per heavy atom. The second-order valence-corrected chi connectivity index (χ2v) is 7.29. The molecule has 2 rings (SSSR count). The maximum Gasteiger partial charge on any atom is 0.335 e. The minimum Gasteiger partial charge on any atom is -0.478 e. The first kappa shape index (κ1) is 16.3. The van der Waals surface area contributed by atoms with E-state index < -0.39 is 5.97 Å². The molecule has 0 saturated carbocycles. The number of hydrogen-bond acceptors (Lipinski definition) is 3. The molecule has 0 amide bonds. The van der Waals surface area contributed by atoms with Crippen molar-refractivity contribution < 1.29 is 14.6 Å². The van der Waals surface area contributed by atoms with E-state index in [4.69, 9.17) is 21.4 Å². The Labute approximate surface area is 130 Å². The van der Waals surface area contributed by atoms with Gasteiger partial charge in [-0.1, -0.05) is 17.7 Å². The van der Waals surface area contributed by atoms with Crippen LogP contribution in [0.4, 0.5) is 0 Å². The molecule has 0 aliphatic carbocycles. The quantitative estimate of drug-likeness (QED) is 0.929. The van der Waals surface area contributed by atoms with Crippen molar-refractivity contribution in [1.82, 2.24) is 4.90 Å². The average molecular weight is 312 g/mol. The number of benzene rings is 1. The van der Waals surface area contributed by atoms with Crippen LogP contribution in [0.2, 0.25) is 5.02 Å². The van der Waals surface area contributed by atoms with Gasteiger partial charge in [0.15, 0.2) is 0 Å². The van der Waals surface area contributed by atoms with E-state index in [1.54, 1.807) is 12.1 Å². The number of carboxylic acids is 1. The van der Waals surface area contributed by atoms with Gasteiger partial charge in [-0.05, 0) is 45.4 Å². The highest BCUT2D eigenvalue weighted by atomic mass is 35.5. The number of aromatic carboxylic acids is 1. The third-order valence-electron chi connectivity index (χ3n) is 3.46. The number of nitrogens with zero attached hydrogens (tertiary/aromatic N) is 1. The zero-order valence-corrected chi connectivity index (χ0v) is 13.7. The van der Waals surface area contributed by atoms with Crippen LogP contribution in [0.1, 0.15) is 43.6 Å². The summed E-state index contributed by atoms with van der Waals surface area (Å²) < 4.78 is 6.06. The Kier molecular flexibility index (Phi) is 4.34. The highest BCUT2D eigenvalue weighted by Gasteiger charge is 2.38. The van der Waals surface area contributed by atoms with Crippen LogP contribution in [0.5, 0.6) is 0 Å². The molecule has 1 heterocycles. The number of ether oxygens (including phenoxy) is 1. The fourth-order valence-electron chi connectivity index (χ4n) is 3.11. The summed E-state index contributed by atoms with van der Waals surface area (Å²) in [7, 11) is 0. The summed E-state index contributed by atoms with van der Waals surface area (Å²) in [6.45, 7) is 10.6. The van der Waals surface area contributed by atoms with E-state index in [0.29, 0.717) is 11.6 Å². The summed E-state index contributed by atoms with van der Waals surface area (Å²) in [5.41, 5.74) is 0.728. The highest BCUT2D eigenvalue weighted by Crippen LogP contribution is 2.30. The van der Waals surface area contributed by atoms with Gasteiger partial charge in [-0.15, -0.1) is 0 Å². The predicted molar refractivity (Wildman–Crippen MR) is 82.9 cm³/mol. The van der Waals surface area contributed by atoms with Crippen LogP contribution in [0.3, 0.4) is 0 Å². The molecule has 1 aromatic carbocycles. The van der Waals surface area contributed by atoms with Crippen LogP contribution >= 0.6 is 11.6 Å². The summed E-state index contributed by atoms with van der Waals surface area (Å²) in [6, 6.07) is 4.90. The van der Waals surface area contributed by atoms with Gasteiger partial charge >= 0.3 is 5.97 Å². The lowest BCUT2D eigenvalue weighted by Crippen LogP contribution is -2.56. The Bertz CT molecular complexity index is 538. The maximum atomic E-state index is 10.9. The van der Waals surface area contributed by atoms with Crippen LogP contribution in [0.25, 0.3) is 0 Å². The number of hydrogen-bond donors (Lipinski definition) is 1. The zero-order chi connectivity index (χ0) is 15.8. The molecule has 1 N–H and O–H groups in total. The number of carboxylic acid groups (broad SMARTS) is 1. The summed E-state index contributed by atoms with van der Waals surface area (Å²) >= 11 is 6.21. The van der Waals surface area contributed by atoms with Gasteiger partial charge in [0, 0.05) is 24.7 Å². The van der Waals surface area contributed by atoms with Crippen molar-refractivity contribution in [2.75, 3.05) is 13.1 Å². The number of carbonyl (C=O) groups is 1. The van der Waals surface area contributed by atoms with Gasteiger partial charge in [0.1, 0.15) is 0 Å². The van der Waals surface area contributed by atoms with Crippen LogP contribution in [-0.4, -0.2) is 40.3 Å². The van der Waals surface area contributed by atoms with Crippen molar-refractivity contribution in [3.05, 3.63) is 34.3 Å². The van der Waals surface area contributed by atoms with Crippen molar-refractivity contribution in [2.24, 2.45) is 0 Å². The Morgan fingerprint density at radius 3 is 2.33 bits per heavy atom. The van der Waals surface area contributed by atoms with Crippen molar-refractivity contribution in [3.63, 3.8) is 0 Å². The lowest BCUT2D eigenvalue weighted by Gasteiger charge is -2.47. The molecular weight excluding hydrogens is 290 g/mol. The normalized spacial score (nSPS) is 21.2. The minimum atomic E-state index is -0.961. The molecule has 5 heteroatoms. The number of rotatable bonds is 3. The van der Waals surface area contributed by atoms with Gasteiger partial charge in [-0.3, -0.25) is 4.90 Å². The number of halogens is 1. The van der Waals surface area contributed by atoms with E-state index in [2.05, 4.69) is 32.6 Å². The van der Waals surface area contributed by atoms with Crippen LogP contribution < -0.4 is 0 Å². The van der Waals surface area contributed by atoms with Gasteiger partial charge in [0.2, 0.25) is 0 Å². The zero-order valence-electron chi connectivity index (χ0n) is 12.9. The average Bonchev–Trinajstić information content (AvgIpc) is 2.27. The predicted octanol–water partition coefficient (Wildman–Crippen LogP) is 3.43. The van der Waals surface area contributed by atoms with Crippen LogP contribution in [0, 0.1) is 0 Å². The lowest BCUT2D eigenvalue weighted by atomic mass is 9.98. The Hall–Kier alpha value is -1.10. The summed E-state index contributed by atoms with van der Waals surface area (Å²) in [5.74, 6) is -0.961. The molecule has 1 aliphatic heterocycles. The largest absolute Gasteiger partial charge is 0.478 e. The van der Waals surface area contributed by atoms with E-state index in [-0.39, 0.29) is 16.8 Å². The molecule has 1 aromatic rings. The molecule has 0 bridgehead atoms. The third-order valence-corrected chi connectivity index (χ3v) is 3.81. The maximum absolute atomic E-state index is 10.9. The molecule has 0 atom stereocenters. The molecule has 1 fully saturated rings. The van der Waals surface area contributed by atoms with Crippen molar-refractivity contribution in [3.8, 4) is 0 Å². The summed E-state index contributed by atoms with van der Waals surface area (Å²) in [5, 5.41) is 9.47. The monoisotopic (exact) mass is 311 g/mol. The topological polar surface area (TPSA) is 49.8 Å². The van der Waals surface area contributed by atoms with Gasteiger partial charge in [-0.2, -0.15) is 0 Å². The Morgan fingerprint density at radius 1 is 1.29 bits per heavy atom. The first-order chi connectivity index (χ1) is 9.58. The molecule has 0 radical (unpaired) electrons. The van der Waals surface area contributed by atoms with Crippen molar-refractivity contribution >= 4 is 17.6 Å². The lowest BCUT2D eigenvalue weighted by molar-refractivity contribution is -0.182. The molecule has 116 valence electrons. The van der Waals surface area contributed by atoms with Gasteiger partial charge in [0.05, 0.1) is 16.8 Å². The van der Waals surface area contributed by atoms with Gasteiger partial charge in [-0.25, -0.2) is 4.79 Å². The van der Waals surface area contributed by atoms with Gasteiger partial charge in [0.25, 0.3) is 0 Å². The van der Waals surface area contributed by atoms with Crippen molar-refractivity contribution in [1.29, 1.82) is 0 Å². The SMILES string of the molecule is CC1(C)CN(Cc2ccc(C(=O)O)cc2Cl)CC(C)(C)O1. The summed E-state index contributed by atoms with van der Waals surface area (Å²) in [6.07, 6.45) is 0. The fourth-order valence-corrected chi connectivity index (χ4v) is 3.35. The number of morpholine rings is 1. The fraction of sp³-hybridized carbons (Fsp3) is 0.562.